The number of benzene rings is 1. The van der Waals surface area contributed by atoms with E-state index in [0.29, 0.717) is 5.75 Å². The molecule has 4 heteroatoms. The van der Waals surface area contributed by atoms with E-state index in [9.17, 15) is 0 Å². The number of pyridine rings is 1. The molecule has 2 heterocycles. The smallest absolute Gasteiger partial charge is 0.145 e. The number of hydrogen-bond donors (Lipinski definition) is 2. The summed E-state index contributed by atoms with van der Waals surface area (Å²) in [7, 11) is 0. The number of aryl methyl sites for hydroxylation is 1. The zero-order valence-electron chi connectivity index (χ0n) is 9.97. The van der Waals surface area contributed by atoms with Crippen LogP contribution < -0.4 is 10.5 Å². The predicted octanol–water partition coefficient (Wildman–Crippen LogP) is 3.25. The van der Waals surface area contributed by atoms with Crippen LogP contribution in [0.2, 0.25) is 0 Å². The molecule has 3 aromatic rings. The van der Waals surface area contributed by atoms with E-state index in [-0.39, 0.29) is 0 Å². The quantitative estimate of drug-likeness (QED) is 0.721. The number of ether oxygens (including phenoxy) is 1. The van der Waals surface area contributed by atoms with Crippen molar-refractivity contribution in [3.05, 3.63) is 48.4 Å². The topological polar surface area (TPSA) is 63.9 Å². The highest BCUT2D eigenvalue weighted by Crippen LogP contribution is 2.28. The number of fused-ring (bicyclic) bond motifs is 1. The Hall–Kier alpha value is -2.49. The van der Waals surface area contributed by atoms with Gasteiger partial charge in [0.15, 0.2) is 0 Å². The number of nitrogens with zero attached hydrogens (tertiary/aromatic N) is 1. The fraction of sp³-hybridized carbons (Fsp3) is 0.0714. The normalized spacial score (nSPS) is 10.7. The minimum atomic E-state index is 0.717. The lowest BCUT2D eigenvalue weighted by atomic mass is 10.2. The fourth-order valence-corrected chi connectivity index (χ4v) is 1.84. The van der Waals surface area contributed by atoms with Crippen LogP contribution in [0.3, 0.4) is 0 Å². The van der Waals surface area contributed by atoms with Crippen molar-refractivity contribution in [1.82, 2.24) is 9.97 Å². The van der Waals surface area contributed by atoms with Crippen LogP contribution in [0.5, 0.6) is 11.5 Å². The molecule has 0 radical (unpaired) electrons. The van der Waals surface area contributed by atoms with Crippen molar-refractivity contribution in [3.8, 4) is 11.5 Å². The number of rotatable bonds is 2. The largest absolute Gasteiger partial charge is 0.456 e. The first-order valence-electron chi connectivity index (χ1n) is 5.69. The zero-order valence-corrected chi connectivity index (χ0v) is 9.97. The van der Waals surface area contributed by atoms with Crippen LogP contribution in [-0.2, 0) is 0 Å². The van der Waals surface area contributed by atoms with Crippen LogP contribution in [0, 0.1) is 6.92 Å². The summed E-state index contributed by atoms with van der Waals surface area (Å²) < 4.78 is 5.73. The van der Waals surface area contributed by atoms with Crippen LogP contribution in [0.1, 0.15) is 5.69 Å². The number of aromatic nitrogens is 2. The Morgan fingerprint density at radius 1 is 1.17 bits per heavy atom. The van der Waals surface area contributed by atoms with Crippen LogP contribution in [0.15, 0.2) is 42.7 Å². The Balaban J connectivity index is 1.94. The van der Waals surface area contributed by atoms with E-state index in [1.54, 1.807) is 12.4 Å². The Labute approximate surface area is 104 Å². The summed E-state index contributed by atoms with van der Waals surface area (Å²) in [6, 6.07) is 9.58. The second-order valence-corrected chi connectivity index (χ2v) is 4.19. The summed E-state index contributed by atoms with van der Waals surface area (Å²) in [6.45, 7) is 1.94. The van der Waals surface area contributed by atoms with Gasteiger partial charge in [-0.1, -0.05) is 0 Å². The minimum Gasteiger partial charge on any atom is -0.456 e. The summed E-state index contributed by atoms with van der Waals surface area (Å²) in [5.74, 6) is 1.47. The van der Waals surface area contributed by atoms with Gasteiger partial charge >= 0.3 is 0 Å². The second-order valence-electron chi connectivity index (χ2n) is 4.19. The maximum Gasteiger partial charge on any atom is 0.145 e. The van der Waals surface area contributed by atoms with Gasteiger partial charge in [0.2, 0.25) is 0 Å². The molecule has 1 aromatic carbocycles. The molecule has 18 heavy (non-hydrogen) atoms. The predicted molar refractivity (Wildman–Crippen MR) is 71.8 cm³/mol. The molecule has 0 fully saturated rings. The van der Waals surface area contributed by atoms with E-state index in [1.807, 2.05) is 37.3 Å². The van der Waals surface area contributed by atoms with Gasteiger partial charge in [-0.3, -0.25) is 4.98 Å². The Bertz CT molecular complexity index is 686. The molecule has 0 unspecified atom stereocenters. The Morgan fingerprint density at radius 2 is 2.00 bits per heavy atom. The van der Waals surface area contributed by atoms with E-state index in [1.165, 1.54) is 0 Å². The average Bonchev–Trinajstić information content (AvgIpc) is 2.74. The molecule has 0 saturated heterocycles. The molecule has 90 valence electrons. The highest BCUT2D eigenvalue weighted by atomic mass is 16.5. The number of nitrogens with two attached hydrogens (primary N) is 1. The van der Waals surface area contributed by atoms with Gasteiger partial charge in [0.1, 0.15) is 11.5 Å². The lowest BCUT2D eigenvalue weighted by Crippen LogP contribution is -1.87. The molecule has 0 spiro atoms. The Kier molecular flexibility index (Phi) is 2.41. The van der Waals surface area contributed by atoms with Gasteiger partial charge in [-0.05, 0) is 37.3 Å². The minimum absolute atomic E-state index is 0.717. The average molecular weight is 239 g/mol. The molecule has 0 atom stereocenters. The number of hydrogen-bond acceptors (Lipinski definition) is 3. The van der Waals surface area contributed by atoms with E-state index in [2.05, 4.69) is 9.97 Å². The summed E-state index contributed by atoms with van der Waals surface area (Å²) in [6.07, 6.45) is 3.49. The summed E-state index contributed by atoms with van der Waals surface area (Å²) in [5, 5.41) is 0.965. The first-order chi connectivity index (χ1) is 8.72. The first-order valence-corrected chi connectivity index (χ1v) is 5.69. The fourth-order valence-electron chi connectivity index (χ4n) is 1.84. The maximum atomic E-state index is 5.86. The monoisotopic (exact) mass is 239 g/mol. The number of H-pyrrole nitrogens is 1. The highest BCUT2D eigenvalue weighted by Gasteiger charge is 2.03. The van der Waals surface area contributed by atoms with Gasteiger partial charge in [-0.15, -0.1) is 0 Å². The third-order valence-electron chi connectivity index (χ3n) is 2.81. The van der Waals surface area contributed by atoms with Gasteiger partial charge < -0.3 is 15.5 Å². The molecule has 2 aromatic heterocycles. The van der Waals surface area contributed by atoms with E-state index in [4.69, 9.17) is 10.5 Å². The van der Waals surface area contributed by atoms with Crippen molar-refractivity contribution in [2.75, 3.05) is 5.73 Å². The van der Waals surface area contributed by atoms with Crippen LogP contribution in [-0.4, -0.2) is 9.97 Å². The second kappa shape index (κ2) is 4.07. The summed E-state index contributed by atoms with van der Waals surface area (Å²) in [4.78, 5) is 7.28. The summed E-state index contributed by atoms with van der Waals surface area (Å²) >= 11 is 0. The van der Waals surface area contributed by atoms with Gasteiger partial charge in [-0.25, -0.2) is 0 Å². The number of nitrogens with one attached hydrogen (secondary N) is 1. The molecule has 0 amide bonds. The van der Waals surface area contributed by atoms with Crippen molar-refractivity contribution >= 4 is 16.6 Å². The standard InChI is InChI=1S/C14H13N3O/c1-9-2-3-11(7-16-9)18-10-4-5-14-12(6-10)13(15)8-17-14/h2-8,17H,15H2,1H3. The Morgan fingerprint density at radius 3 is 2.78 bits per heavy atom. The van der Waals surface area contributed by atoms with Crippen LogP contribution in [0.25, 0.3) is 10.9 Å². The van der Waals surface area contributed by atoms with Crippen molar-refractivity contribution in [2.45, 2.75) is 6.92 Å². The summed E-state index contributed by atoms with van der Waals surface area (Å²) in [5.41, 5.74) is 8.55. The van der Waals surface area contributed by atoms with Crippen molar-refractivity contribution in [1.29, 1.82) is 0 Å². The van der Waals surface area contributed by atoms with Crippen molar-refractivity contribution in [3.63, 3.8) is 0 Å². The molecule has 3 rings (SSSR count). The SMILES string of the molecule is Cc1ccc(Oc2ccc3[nH]cc(N)c3c2)cn1. The van der Waals surface area contributed by atoms with E-state index in [0.717, 1.165) is 28.0 Å². The number of anilines is 1. The molecule has 0 saturated carbocycles. The number of aromatic amines is 1. The van der Waals surface area contributed by atoms with Gasteiger partial charge in [-0.2, -0.15) is 0 Å². The van der Waals surface area contributed by atoms with E-state index >= 15 is 0 Å². The first kappa shape index (κ1) is 10.7. The van der Waals surface area contributed by atoms with Gasteiger partial charge in [0.05, 0.1) is 11.9 Å². The van der Waals surface area contributed by atoms with Crippen LogP contribution >= 0.6 is 0 Å². The lowest BCUT2D eigenvalue weighted by molar-refractivity contribution is 0.480. The third-order valence-corrected chi connectivity index (χ3v) is 2.81. The zero-order chi connectivity index (χ0) is 12.5. The molecular weight excluding hydrogens is 226 g/mol. The van der Waals surface area contributed by atoms with Crippen LogP contribution in [0.4, 0.5) is 5.69 Å². The molecule has 0 aliphatic heterocycles. The molecule has 3 N–H and O–H groups in total. The molecule has 0 aliphatic rings. The molecular formula is C14H13N3O. The maximum absolute atomic E-state index is 5.86. The van der Waals surface area contributed by atoms with Crippen molar-refractivity contribution in [2.24, 2.45) is 0 Å². The highest BCUT2D eigenvalue weighted by molar-refractivity contribution is 5.92. The number of nitrogen functional groups attached to an aromatic ring is 1. The van der Waals surface area contributed by atoms with Crippen molar-refractivity contribution < 1.29 is 4.74 Å². The molecule has 4 nitrogen and oxygen atoms in total. The van der Waals surface area contributed by atoms with E-state index < -0.39 is 0 Å². The third kappa shape index (κ3) is 1.88. The molecule has 0 aliphatic carbocycles. The molecule has 0 bridgehead atoms. The lowest BCUT2D eigenvalue weighted by Gasteiger charge is -2.05. The van der Waals surface area contributed by atoms with Gasteiger partial charge in [0, 0.05) is 22.8 Å². The van der Waals surface area contributed by atoms with Gasteiger partial charge in [0.25, 0.3) is 0 Å².